The van der Waals surface area contributed by atoms with Crippen molar-refractivity contribution in [1.29, 1.82) is 0 Å². The largest absolute Gasteiger partial charge is 0.490 e. The summed E-state index contributed by atoms with van der Waals surface area (Å²) in [5.41, 5.74) is 2.48. The number of rotatable bonds is 7. The van der Waals surface area contributed by atoms with Crippen molar-refractivity contribution >= 4 is 11.6 Å². The molecule has 2 aliphatic rings. The Morgan fingerprint density at radius 1 is 0.970 bits per heavy atom. The van der Waals surface area contributed by atoms with E-state index >= 15 is 0 Å². The highest BCUT2D eigenvalue weighted by molar-refractivity contribution is 6.31. The Labute approximate surface area is 198 Å². The lowest BCUT2D eigenvalue weighted by Gasteiger charge is -2.40. The molecule has 2 aromatic carbocycles. The summed E-state index contributed by atoms with van der Waals surface area (Å²) in [6.07, 6.45) is -2.10. The van der Waals surface area contributed by atoms with Crippen LogP contribution in [-0.4, -0.2) is 70.8 Å². The fraction of sp³-hybridized carbons (Fsp3) is 0.520. The Morgan fingerprint density at radius 2 is 1.70 bits per heavy atom. The number of aliphatic hydroxyl groups is 4. The minimum Gasteiger partial charge on any atom is -0.490 e. The summed E-state index contributed by atoms with van der Waals surface area (Å²) in [6.45, 7) is -0.469. The molecule has 1 unspecified atom stereocenters. The molecule has 0 spiro atoms. The topological polar surface area (TPSA) is 109 Å². The summed E-state index contributed by atoms with van der Waals surface area (Å²) >= 11 is 6.43. The highest BCUT2D eigenvalue weighted by Gasteiger charge is 2.44. The van der Waals surface area contributed by atoms with Crippen LogP contribution < -0.4 is 4.74 Å². The van der Waals surface area contributed by atoms with Crippen molar-refractivity contribution in [3.63, 3.8) is 0 Å². The molecule has 0 aromatic heterocycles. The molecule has 8 heteroatoms. The number of hydrogen-bond acceptors (Lipinski definition) is 7. The van der Waals surface area contributed by atoms with Gasteiger partial charge in [-0.05, 0) is 54.2 Å². The smallest absolute Gasteiger partial charge is 0.119 e. The molecule has 180 valence electrons. The maximum Gasteiger partial charge on any atom is 0.119 e. The van der Waals surface area contributed by atoms with Crippen molar-refractivity contribution < 1.29 is 34.6 Å². The average molecular weight is 479 g/mol. The second-order valence-electron chi connectivity index (χ2n) is 8.83. The van der Waals surface area contributed by atoms with E-state index < -0.39 is 37.1 Å². The lowest BCUT2D eigenvalue weighted by molar-refractivity contribution is -0.231. The highest BCUT2D eigenvalue weighted by Crippen LogP contribution is 2.34. The van der Waals surface area contributed by atoms with Crippen LogP contribution in [0.4, 0.5) is 0 Å². The normalized spacial score (nSPS) is 32.1. The number of benzene rings is 2. The molecule has 7 nitrogen and oxygen atoms in total. The summed E-state index contributed by atoms with van der Waals surface area (Å²) in [7, 11) is 1.74. The van der Waals surface area contributed by atoms with E-state index in [1.54, 1.807) is 19.2 Å². The van der Waals surface area contributed by atoms with Gasteiger partial charge in [0.15, 0.2) is 0 Å². The van der Waals surface area contributed by atoms with Gasteiger partial charge < -0.3 is 34.6 Å². The third-order valence-corrected chi connectivity index (χ3v) is 6.95. The number of methoxy groups -OCH3 is 1. The van der Waals surface area contributed by atoms with Gasteiger partial charge in [-0.15, -0.1) is 0 Å². The summed E-state index contributed by atoms with van der Waals surface area (Å²) in [5, 5.41) is 40.6. The van der Waals surface area contributed by atoms with E-state index in [9.17, 15) is 20.4 Å². The van der Waals surface area contributed by atoms with Crippen LogP contribution in [0.25, 0.3) is 0 Å². The number of ether oxygens (including phenoxy) is 3. The van der Waals surface area contributed by atoms with Crippen LogP contribution in [0.2, 0.25) is 5.02 Å². The van der Waals surface area contributed by atoms with E-state index in [0.717, 1.165) is 36.1 Å². The molecule has 1 aliphatic heterocycles. The van der Waals surface area contributed by atoms with Gasteiger partial charge in [0.25, 0.3) is 0 Å². The summed E-state index contributed by atoms with van der Waals surface area (Å²) in [6, 6.07) is 13.1. The zero-order chi connectivity index (χ0) is 23.5. The van der Waals surface area contributed by atoms with Gasteiger partial charge in [-0.25, -0.2) is 0 Å². The maximum absolute atomic E-state index is 10.4. The van der Waals surface area contributed by atoms with Gasteiger partial charge in [0, 0.05) is 18.6 Å². The molecule has 1 aliphatic carbocycles. The Kier molecular flexibility index (Phi) is 7.91. The monoisotopic (exact) mass is 478 g/mol. The molecule has 0 amide bonds. The second kappa shape index (κ2) is 10.7. The van der Waals surface area contributed by atoms with E-state index in [1.165, 1.54) is 0 Å². The third kappa shape index (κ3) is 5.52. The Hall–Kier alpha value is -1.71. The van der Waals surface area contributed by atoms with E-state index in [0.29, 0.717) is 17.0 Å². The third-order valence-electron chi connectivity index (χ3n) is 6.58. The molecule has 1 heterocycles. The van der Waals surface area contributed by atoms with Crippen LogP contribution >= 0.6 is 11.6 Å². The van der Waals surface area contributed by atoms with E-state index in [-0.39, 0.29) is 12.2 Å². The van der Waals surface area contributed by atoms with Crippen molar-refractivity contribution in [2.45, 2.75) is 68.4 Å². The van der Waals surface area contributed by atoms with Gasteiger partial charge in [0.05, 0.1) is 12.7 Å². The fourth-order valence-corrected chi connectivity index (χ4v) is 4.79. The molecular formula is C25H31ClO7. The minimum absolute atomic E-state index is 0.172. The Bertz CT molecular complexity index is 919. The molecule has 4 N–H and O–H groups in total. The van der Waals surface area contributed by atoms with Crippen LogP contribution in [-0.2, 0) is 15.9 Å². The Balaban J connectivity index is 1.45. The lowest BCUT2D eigenvalue weighted by Crippen LogP contribution is -2.55. The van der Waals surface area contributed by atoms with Crippen molar-refractivity contribution in [2.24, 2.45) is 0 Å². The molecule has 0 radical (unpaired) electrons. The molecule has 1 saturated carbocycles. The molecule has 0 bridgehead atoms. The van der Waals surface area contributed by atoms with Gasteiger partial charge in [-0.2, -0.15) is 0 Å². The molecule has 7 atom stereocenters. The van der Waals surface area contributed by atoms with E-state index in [4.69, 9.17) is 25.8 Å². The van der Waals surface area contributed by atoms with Crippen molar-refractivity contribution in [3.8, 4) is 5.75 Å². The minimum atomic E-state index is -1.42. The van der Waals surface area contributed by atoms with Crippen LogP contribution in [0.5, 0.6) is 5.75 Å². The summed E-state index contributed by atoms with van der Waals surface area (Å²) < 4.78 is 17.2. The predicted octanol–water partition coefficient (Wildman–Crippen LogP) is 2.39. The van der Waals surface area contributed by atoms with Crippen molar-refractivity contribution in [2.75, 3.05) is 13.7 Å². The molecular weight excluding hydrogens is 448 g/mol. The van der Waals surface area contributed by atoms with Gasteiger partial charge in [0.1, 0.15) is 42.4 Å². The van der Waals surface area contributed by atoms with Crippen molar-refractivity contribution in [1.82, 2.24) is 0 Å². The zero-order valence-corrected chi connectivity index (χ0v) is 19.3. The molecule has 4 rings (SSSR count). The first-order chi connectivity index (χ1) is 15.9. The fourth-order valence-electron chi connectivity index (χ4n) is 4.60. The molecule has 2 fully saturated rings. The van der Waals surface area contributed by atoms with Gasteiger partial charge in [-0.1, -0.05) is 35.9 Å². The Morgan fingerprint density at radius 3 is 2.36 bits per heavy atom. The van der Waals surface area contributed by atoms with Crippen LogP contribution in [0, 0.1) is 0 Å². The predicted molar refractivity (Wildman–Crippen MR) is 122 cm³/mol. The first-order valence-electron chi connectivity index (χ1n) is 11.3. The number of aliphatic hydroxyl groups excluding tert-OH is 4. The van der Waals surface area contributed by atoms with Crippen LogP contribution in [0.15, 0.2) is 42.5 Å². The standard InChI is InChI=1S/C25H31ClO7/c1-31-18-7-8-19(12-18)32-17-5-2-14(3-6-17)10-16-11-15(4-9-20(16)26)25-24(30)23(29)22(28)21(13-27)33-25/h2-6,9,11,18-19,21-25,27-30H,7-8,10,12-13H2,1H3/t18-,19?,21+,22+,23-,24+,25-/m0/s1. The number of hydrogen-bond donors (Lipinski definition) is 4. The van der Waals surface area contributed by atoms with Gasteiger partial charge in [0.2, 0.25) is 0 Å². The van der Waals surface area contributed by atoms with E-state index in [1.807, 2.05) is 30.3 Å². The second-order valence-corrected chi connectivity index (χ2v) is 9.24. The highest BCUT2D eigenvalue weighted by atomic mass is 35.5. The summed E-state index contributed by atoms with van der Waals surface area (Å²) in [4.78, 5) is 0. The zero-order valence-electron chi connectivity index (χ0n) is 18.5. The van der Waals surface area contributed by atoms with Crippen LogP contribution in [0.1, 0.15) is 42.1 Å². The quantitative estimate of drug-likeness (QED) is 0.484. The van der Waals surface area contributed by atoms with Gasteiger partial charge in [-0.3, -0.25) is 0 Å². The molecule has 1 saturated heterocycles. The lowest BCUT2D eigenvalue weighted by atomic mass is 9.90. The average Bonchev–Trinajstić information content (AvgIpc) is 3.28. The van der Waals surface area contributed by atoms with Crippen LogP contribution in [0.3, 0.4) is 0 Å². The number of halogens is 1. The maximum atomic E-state index is 10.4. The molecule has 33 heavy (non-hydrogen) atoms. The first kappa shape index (κ1) is 24.4. The SMILES string of the molecule is CO[C@H]1CCC(Oc2ccc(Cc3cc([C@@H]4O[C@H](CO)[C@@H](O)[C@H](O)[C@H]4O)ccc3Cl)cc2)C1. The first-order valence-corrected chi connectivity index (χ1v) is 11.6. The summed E-state index contributed by atoms with van der Waals surface area (Å²) in [5.74, 6) is 0.821. The van der Waals surface area contributed by atoms with Crippen molar-refractivity contribution in [3.05, 3.63) is 64.2 Å². The molecule has 2 aromatic rings. The van der Waals surface area contributed by atoms with E-state index in [2.05, 4.69) is 0 Å². The van der Waals surface area contributed by atoms with Gasteiger partial charge >= 0.3 is 0 Å².